The minimum atomic E-state index is -0.131. The quantitative estimate of drug-likeness (QED) is 0.562. The second-order valence-corrected chi connectivity index (χ2v) is 1.79. The molecule has 0 aromatic heterocycles. The number of aliphatic hydroxyl groups is 1. The Labute approximate surface area is 53.9 Å². The van der Waals surface area contributed by atoms with Gasteiger partial charge in [-0.2, -0.15) is 0 Å². The topological polar surface area (TPSA) is 38.7 Å². The SMILES string of the molecule is OC=CCC1OCCO1. The zero-order chi connectivity index (χ0) is 6.53. The van der Waals surface area contributed by atoms with E-state index in [9.17, 15) is 0 Å². The molecule has 3 nitrogen and oxygen atoms in total. The highest BCUT2D eigenvalue weighted by Crippen LogP contribution is 2.07. The van der Waals surface area contributed by atoms with Gasteiger partial charge in [-0.15, -0.1) is 0 Å². The number of rotatable bonds is 2. The number of hydrogen-bond acceptors (Lipinski definition) is 3. The van der Waals surface area contributed by atoms with Crippen LogP contribution in [-0.4, -0.2) is 24.6 Å². The van der Waals surface area contributed by atoms with Crippen LogP contribution in [0, 0.1) is 0 Å². The van der Waals surface area contributed by atoms with Gasteiger partial charge in [-0.25, -0.2) is 0 Å². The maximum absolute atomic E-state index is 8.23. The molecule has 0 aromatic rings. The zero-order valence-electron chi connectivity index (χ0n) is 5.12. The monoisotopic (exact) mass is 130 g/mol. The lowest BCUT2D eigenvalue weighted by molar-refractivity contribution is -0.0382. The second-order valence-electron chi connectivity index (χ2n) is 1.79. The van der Waals surface area contributed by atoms with Crippen molar-refractivity contribution in [3.05, 3.63) is 12.3 Å². The summed E-state index contributed by atoms with van der Waals surface area (Å²) in [6.45, 7) is 1.34. The molecule has 0 aliphatic carbocycles. The predicted molar refractivity (Wildman–Crippen MR) is 32.1 cm³/mol. The fraction of sp³-hybridized carbons (Fsp3) is 0.667. The molecule has 1 rings (SSSR count). The summed E-state index contributed by atoms with van der Waals surface area (Å²) in [5.74, 6) is 0. The van der Waals surface area contributed by atoms with Crippen molar-refractivity contribution >= 4 is 0 Å². The first-order valence-corrected chi connectivity index (χ1v) is 2.96. The molecule has 0 unspecified atom stereocenters. The van der Waals surface area contributed by atoms with E-state index in [2.05, 4.69) is 0 Å². The van der Waals surface area contributed by atoms with Crippen LogP contribution in [0.25, 0.3) is 0 Å². The first-order chi connectivity index (χ1) is 4.43. The molecule has 0 spiro atoms. The van der Waals surface area contributed by atoms with E-state index in [1.54, 1.807) is 6.08 Å². The highest BCUT2D eigenvalue weighted by molar-refractivity contribution is 4.74. The number of hydrogen-bond donors (Lipinski definition) is 1. The van der Waals surface area contributed by atoms with Gasteiger partial charge >= 0.3 is 0 Å². The fourth-order valence-corrected chi connectivity index (χ4v) is 0.715. The number of ether oxygens (including phenoxy) is 2. The Morgan fingerprint density at radius 3 is 2.67 bits per heavy atom. The Hall–Kier alpha value is -0.540. The van der Waals surface area contributed by atoms with E-state index in [0.29, 0.717) is 19.6 Å². The summed E-state index contributed by atoms with van der Waals surface area (Å²) < 4.78 is 10.1. The lowest BCUT2D eigenvalue weighted by atomic mass is 10.4. The summed E-state index contributed by atoms with van der Waals surface area (Å²) in [7, 11) is 0. The van der Waals surface area contributed by atoms with E-state index in [4.69, 9.17) is 14.6 Å². The molecule has 0 aromatic carbocycles. The molecule has 1 aliphatic heterocycles. The van der Waals surface area contributed by atoms with Gasteiger partial charge in [0.2, 0.25) is 0 Å². The van der Waals surface area contributed by atoms with Crippen LogP contribution in [-0.2, 0) is 9.47 Å². The van der Waals surface area contributed by atoms with E-state index in [1.165, 1.54) is 0 Å². The lowest BCUT2D eigenvalue weighted by Crippen LogP contribution is -2.04. The molecule has 1 aliphatic rings. The van der Waals surface area contributed by atoms with Crippen molar-refractivity contribution in [2.45, 2.75) is 12.7 Å². The van der Waals surface area contributed by atoms with Gasteiger partial charge in [-0.1, -0.05) is 0 Å². The lowest BCUT2D eigenvalue weighted by Gasteiger charge is -2.02. The van der Waals surface area contributed by atoms with Gasteiger partial charge in [0, 0.05) is 6.42 Å². The summed E-state index contributed by atoms with van der Waals surface area (Å²) >= 11 is 0. The summed E-state index contributed by atoms with van der Waals surface area (Å²) in [6.07, 6.45) is 3.12. The fourth-order valence-electron chi connectivity index (χ4n) is 0.715. The molecule has 1 heterocycles. The summed E-state index contributed by atoms with van der Waals surface area (Å²) in [4.78, 5) is 0. The van der Waals surface area contributed by atoms with Crippen LogP contribution < -0.4 is 0 Å². The average molecular weight is 130 g/mol. The molecule has 1 fully saturated rings. The van der Waals surface area contributed by atoms with Gasteiger partial charge in [0.05, 0.1) is 19.5 Å². The Morgan fingerprint density at radius 2 is 2.11 bits per heavy atom. The summed E-state index contributed by atoms with van der Waals surface area (Å²) in [5, 5.41) is 8.23. The van der Waals surface area contributed by atoms with Crippen LogP contribution in [0.15, 0.2) is 12.3 Å². The molecule has 0 saturated carbocycles. The largest absolute Gasteiger partial charge is 0.516 e. The molecular formula is C6H10O3. The van der Waals surface area contributed by atoms with E-state index in [-0.39, 0.29) is 6.29 Å². The van der Waals surface area contributed by atoms with Crippen molar-refractivity contribution in [2.75, 3.05) is 13.2 Å². The van der Waals surface area contributed by atoms with Gasteiger partial charge < -0.3 is 14.6 Å². The maximum Gasteiger partial charge on any atom is 0.161 e. The predicted octanol–water partition coefficient (Wildman–Crippen LogP) is 0.821. The maximum atomic E-state index is 8.23. The smallest absolute Gasteiger partial charge is 0.161 e. The van der Waals surface area contributed by atoms with E-state index in [0.717, 1.165) is 6.26 Å². The van der Waals surface area contributed by atoms with Crippen molar-refractivity contribution in [3.63, 3.8) is 0 Å². The first-order valence-electron chi connectivity index (χ1n) is 2.96. The van der Waals surface area contributed by atoms with Crippen molar-refractivity contribution in [3.8, 4) is 0 Å². The van der Waals surface area contributed by atoms with Gasteiger partial charge in [-0.3, -0.25) is 0 Å². The van der Waals surface area contributed by atoms with Crippen LogP contribution in [0.2, 0.25) is 0 Å². The molecule has 1 N–H and O–H groups in total. The van der Waals surface area contributed by atoms with Crippen LogP contribution in [0.4, 0.5) is 0 Å². The average Bonchev–Trinajstić information content (AvgIpc) is 2.34. The zero-order valence-corrected chi connectivity index (χ0v) is 5.12. The third kappa shape index (κ3) is 2.03. The summed E-state index contributed by atoms with van der Waals surface area (Å²) in [5.41, 5.74) is 0. The highest BCUT2D eigenvalue weighted by Gasteiger charge is 2.12. The van der Waals surface area contributed by atoms with Crippen molar-refractivity contribution < 1.29 is 14.6 Å². The Balaban J connectivity index is 2.11. The highest BCUT2D eigenvalue weighted by atomic mass is 16.7. The van der Waals surface area contributed by atoms with Crippen LogP contribution in [0.5, 0.6) is 0 Å². The van der Waals surface area contributed by atoms with Gasteiger partial charge in [0.25, 0.3) is 0 Å². The van der Waals surface area contributed by atoms with Gasteiger partial charge in [0.15, 0.2) is 6.29 Å². The first kappa shape index (κ1) is 6.58. The molecule has 1 saturated heterocycles. The van der Waals surface area contributed by atoms with Crippen LogP contribution in [0.1, 0.15) is 6.42 Å². The Bertz CT molecular complexity index is 94.5. The van der Waals surface area contributed by atoms with Crippen molar-refractivity contribution in [1.29, 1.82) is 0 Å². The number of aliphatic hydroxyl groups excluding tert-OH is 1. The molecule has 0 atom stereocenters. The van der Waals surface area contributed by atoms with E-state index >= 15 is 0 Å². The van der Waals surface area contributed by atoms with Crippen LogP contribution >= 0.6 is 0 Å². The Kier molecular flexibility index (Phi) is 2.54. The van der Waals surface area contributed by atoms with Gasteiger partial charge in [-0.05, 0) is 6.08 Å². The molecular weight excluding hydrogens is 120 g/mol. The van der Waals surface area contributed by atoms with Crippen molar-refractivity contribution in [1.82, 2.24) is 0 Å². The molecule has 0 amide bonds. The standard InChI is InChI=1S/C6H10O3/c7-3-1-2-6-8-4-5-9-6/h1,3,6-7H,2,4-5H2. The second kappa shape index (κ2) is 3.48. The molecule has 9 heavy (non-hydrogen) atoms. The summed E-state index contributed by atoms with van der Waals surface area (Å²) in [6, 6.07) is 0. The third-order valence-corrected chi connectivity index (χ3v) is 1.12. The molecule has 0 radical (unpaired) electrons. The van der Waals surface area contributed by atoms with E-state index in [1.807, 2.05) is 0 Å². The normalized spacial score (nSPS) is 21.8. The van der Waals surface area contributed by atoms with Gasteiger partial charge in [0.1, 0.15) is 0 Å². The van der Waals surface area contributed by atoms with Crippen LogP contribution in [0.3, 0.4) is 0 Å². The minimum Gasteiger partial charge on any atom is -0.516 e. The van der Waals surface area contributed by atoms with Crippen molar-refractivity contribution in [2.24, 2.45) is 0 Å². The third-order valence-electron chi connectivity index (χ3n) is 1.12. The minimum absolute atomic E-state index is 0.131. The molecule has 52 valence electrons. The molecule has 3 heteroatoms. The van der Waals surface area contributed by atoms with E-state index < -0.39 is 0 Å². The Morgan fingerprint density at radius 1 is 1.44 bits per heavy atom. The molecule has 0 bridgehead atoms.